The van der Waals surface area contributed by atoms with Crippen molar-refractivity contribution in [1.82, 2.24) is 5.32 Å². The number of carbonyl (C=O) groups excluding carboxylic acids is 1. The third kappa shape index (κ3) is 5.73. The maximum absolute atomic E-state index is 13.2. The predicted octanol–water partition coefficient (Wildman–Crippen LogP) is 4.77. The van der Waals surface area contributed by atoms with Crippen LogP contribution >= 0.6 is 11.6 Å². The van der Waals surface area contributed by atoms with Crippen molar-refractivity contribution in [2.24, 2.45) is 0 Å². The summed E-state index contributed by atoms with van der Waals surface area (Å²) in [7, 11) is -3.68. The molecule has 0 fully saturated rings. The van der Waals surface area contributed by atoms with Crippen molar-refractivity contribution in [2.75, 3.05) is 10.6 Å². The zero-order chi connectivity index (χ0) is 21.8. The third-order valence-corrected chi connectivity index (χ3v) is 6.37. The van der Waals surface area contributed by atoms with Crippen molar-refractivity contribution < 1.29 is 13.2 Å². The van der Waals surface area contributed by atoms with E-state index < -0.39 is 16.1 Å². The molecule has 0 aliphatic carbocycles. The molecule has 0 unspecified atom stereocenters. The molecule has 0 heterocycles. The summed E-state index contributed by atoms with van der Waals surface area (Å²) in [5, 5.41) is 3.56. The first kappa shape index (κ1) is 23.2. The number of anilines is 1. The second-order valence-electron chi connectivity index (χ2n) is 7.29. The summed E-state index contributed by atoms with van der Waals surface area (Å²) in [4.78, 5) is 13.2. The van der Waals surface area contributed by atoms with Gasteiger partial charge in [-0.15, -0.1) is 0 Å². The minimum Gasteiger partial charge on any atom is -0.347 e. The van der Waals surface area contributed by atoms with Gasteiger partial charge in [0.2, 0.25) is 15.9 Å². The molecular weight excluding hydrogens is 408 g/mol. The number of hydrogen-bond acceptors (Lipinski definition) is 3. The number of nitrogens with one attached hydrogen (secondary N) is 1. The lowest BCUT2D eigenvalue weighted by Gasteiger charge is -2.31. The van der Waals surface area contributed by atoms with Crippen LogP contribution < -0.4 is 9.62 Å². The SMILES string of the molecule is CC[C@H](C(=O)N[C@H](CC)c1ccc(C)cc1C)N(c1ccc(Cl)cc1)S(C)(=O)=O. The summed E-state index contributed by atoms with van der Waals surface area (Å²) < 4.78 is 26.3. The second-order valence-corrected chi connectivity index (χ2v) is 9.58. The number of rotatable bonds is 8. The normalized spacial score (nSPS) is 13.6. The summed E-state index contributed by atoms with van der Waals surface area (Å²) in [5.74, 6) is -0.320. The average Bonchev–Trinajstić information content (AvgIpc) is 2.64. The van der Waals surface area contributed by atoms with Gasteiger partial charge >= 0.3 is 0 Å². The van der Waals surface area contributed by atoms with Crippen molar-refractivity contribution in [1.29, 1.82) is 0 Å². The number of aryl methyl sites for hydroxylation is 2. The van der Waals surface area contributed by atoms with Crippen LogP contribution in [0.1, 0.15) is 49.4 Å². The molecular formula is C22H29ClN2O3S. The fourth-order valence-corrected chi connectivity index (χ4v) is 4.87. The highest BCUT2D eigenvalue weighted by Gasteiger charge is 2.32. The molecule has 2 atom stereocenters. The molecule has 2 aromatic rings. The van der Waals surface area contributed by atoms with Gasteiger partial charge in [0.15, 0.2) is 0 Å². The molecule has 0 saturated carbocycles. The summed E-state index contributed by atoms with van der Waals surface area (Å²) in [6.07, 6.45) is 2.15. The van der Waals surface area contributed by atoms with E-state index in [0.29, 0.717) is 23.6 Å². The Hall–Kier alpha value is -2.05. The Bertz CT molecular complexity index is 959. The smallest absolute Gasteiger partial charge is 0.244 e. The number of nitrogens with zero attached hydrogens (tertiary/aromatic N) is 1. The summed E-state index contributed by atoms with van der Waals surface area (Å²) in [6, 6.07) is 11.5. The van der Waals surface area contributed by atoms with Gasteiger partial charge in [-0.3, -0.25) is 9.10 Å². The van der Waals surface area contributed by atoms with E-state index in [4.69, 9.17) is 11.6 Å². The zero-order valence-corrected chi connectivity index (χ0v) is 19.1. The first-order valence-electron chi connectivity index (χ1n) is 9.71. The molecule has 2 aromatic carbocycles. The van der Waals surface area contributed by atoms with Crippen LogP contribution in [0.15, 0.2) is 42.5 Å². The quantitative estimate of drug-likeness (QED) is 0.648. The summed E-state index contributed by atoms with van der Waals surface area (Å²) in [5.41, 5.74) is 3.71. The molecule has 0 aromatic heterocycles. The van der Waals surface area contributed by atoms with Gasteiger partial charge in [0, 0.05) is 5.02 Å². The lowest BCUT2D eigenvalue weighted by Crippen LogP contribution is -2.50. The topological polar surface area (TPSA) is 66.5 Å². The molecule has 1 N–H and O–H groups in total. The van der Waals surface area contributed by atoms with Crippen LogP contribution in [0.5, 0.6) is 0 Å². The number of benzene rings is 2. The van der Waals surface area contributed by atoms with E-state index in [0.717, 1.165) is 22.9 Å². The Morgan fingerprint density at radius 2 is 1.69 bits per heavy atom. The highest BCUT2D eigenvalue weighted by Crippen LogP contribution is 2.26. The standard InChI is InChI=1S/C22H29ClN2O3S/c1-6-20(19-13-8-15(3)14-16(19)4)24-22(26)21(7-2)25(29(5,27)28)18-11-9-17(23)10-12-18/h8-14,20-21H,6-7H2,1-5H3,(H,24,26)/t20-,21-/m1/s1. The number of halogens is 1. The van der Waals surface area contributed by atoms with Crippen LogP contribution in [0.25, 0.3) is 0 Å². The first-order valence-corrected chi connectivity index (χ1v) is 11.9. The maximum Gasteiger partial charge on any atom is 0.244 e. The van der Waals surface area contributed by atoms with Gasteiger partial charge in [0.25, 0.3) is 0 Å². The zero-order valence-electron chi connectivity index (χ0n) is 17.6. The van der Waals surface area contributed by atoms with Crippen molar-refractivity contribution in [3.05, 3.63) is 64.2 Å². The second kappa shape index (κ2) is 9.63. The molecule has 7 heteroatoms. The van der Waals surface area contributed by atoms with Gasteiger partial charge < -0.3 is 5.32 Å². The molecule has 158 valence electrons. The Kier molecular flexibility index (Phi) is 7.72. The lowest BCUT2D eigenvalue weighted by molar-refractivity contribution is -0.123. The van der Waals surface area contributed by atoms with E-state index in [-0.39, 0.29) is 11.9 Å². The fraction of sp³-hybridized carbons (Fsp3) is 0.409. The van der Waals surface area contributed by atoms with E-state index in [2.05, 4.69) is 11.4 Å². The summed E-state index contributed by atoms with van der Waals surface area (Å²) >= 11 is 5.94. The van der Waals surface area contributed by atoms with Crippen LogP contribution in [0.2, 0.25) is 5.02 Å². The van der Waals surface area contributed by atoms with E-state index in [9.17, 15) is 13.2 Å². The van der Waals surface area contributed by atoms with Crippen LogP contribution in [-0.4, -0.2) is 26.6 Å². The number of hydrogen-bond donors (Lipinski definition) is 1. The molecule has 1 amide bonds. The molecule has 0 aliphatic rings. The van der Waals surface area contributed by atoms with Crippen molar-refractivity contribution in [3.63, 3.8) is 0 Å². The Morgan fingerprint density at radius 3 is 2.17 bits per heavy atom. The Morgan fingerprint density at radius 1 is 1.07 bits per heavy atom. The van der Waals surface area contributed by atoms with E-state index in [1.165, 1.54) is 4.31 Å². The molecule has 0 spiro atoms. The largest absolute Gasteiger partial charge is 0.347 e. The van der Waals surface area contributed by atoms with E-state index in [1.807, 2.05) is 32.9 Å². The monoisotopic (exact) mass is 436 g/mol. The number of amides is 1. The van der Waals surface area contributed by atoms with Gasteiger partial charge in [-0.25, -0.2) is 8.42 Å². The summed E-state index contributed by atoms with van der Waals surface area (Å²) in [6.45, 7) is 7.85. The predicted molar refractivity (Wildman–Crippen MR) is 120 cm³/mol. The molecule has 5 nitrogen and oxygen atoms in total. The van der Waals surface area contributed by atoms with Gasteiger partial charge in [0.1, 0.15) is 6.04 Å². The highest BCUT2D eigenvalue weighted by atomic mass is 35.5. The van der Waals surface area contributed by atoms with Gasteiger partial charge in [-0.1, -0.05) is 49.2 Å². The van der Waals surface area contributed by atoms with Gasteiger partial charge in [-0.2, -0.15) is 0 Å². The van der Waals surface area contributed by atoms with E-state index in [1.54, 1.807) is 31.2 Å². The van der Waals surface area contributed by atoms with Crippen molar-refractivity contribution in [3.8, 4) is 0 Å². The van der Waals surface area contributed by atoms with Crippen molar-refractivity contribution >= 4 is 33.2 Å². The van der Waals surface area contributed by atoms with Crippen molar-refractivity contribution in [2.45, 2.75) is 52.6 Å². The van der Waals surface area contributed by atoms with Gasteiger partial charge in [0.05, 0.1) is 18.0 Å². The van der Waals surface area contributed by atoms with Crippen LogP contribution in [0.4, 0.5) is 5.69 Å². The molecule has 0 saturated heterocycles. The van der Waals surface area contributed by atoms with E-state index >= 15 is 0 Å². The molecule has 29 heavy (non-hydrogen) atoms. The first-order chi connectivity index (χ1) is 13.6. The highest BCUT2D eigenvalue weighted by molar-refractivity contribution is 7.92. The van der Waals surface area contributed by atoms with Crippen LogP contribution in [0.3, 0.4) is 0 Å². The number of sulfonamides is 1. The maximum atomic E-state index is 13.2. The minimum atomic E-state index is -3.68. The van der Waals surface area contributed by atoms with Gasteiger partial charge in [-0.05, 0) is 62.1 Å². The molecule has 0 radical (unpaired) electrons. The molecule has 0 bridgehead atoms. The minimum absolute atomic E-state index is 0.191. The Labute approximate surface area is 179 Å². The van der Waals surface area contributed by atoms with Crippen LogP contribution in [0, 0.1) is 13.8 Å². The third-order valence-electron chi connectivity index (χ3n) is 4.94. The molecule has 2 rings (SSSR count). The fourth-order valence-electron chi connectivity index (χ4n) is 3.53. The van der Waals surface area contributed by atoms with Crippen LogP contribution in [-0.2, 0) is 14.8 Å². The average molecular weight is 437 g/mol. The molecule has 0 aliphatic heterocycles. The Balaban J connectivity index is 2.36. The lowest BCUT2D eigenvalue weighted by atomic mass is 9.97. The number of carbonyl (C=O) groups is 1.